The lowest BCUT2D eigenvalue weighted by molar-refractivity contribution is 0.102. The second-order valence-electron chi connectivity index (χ2n) is 6.19. The van der Waals surface area contributed by atoms with Gasteiger partial charge in [-0.25, -0.2) is 9.97 Å². The standard InChI is InChI=1S/C22H24N4O2/c1-2-28-19-12-10-18(11-13-19)25-21(27)20-14-16-24-22(26-20)23-15-6-9-17-7-4-3-5-8-17/h3-5,7-8,10-14,16H,2,6,9,15H2,1H3,(H,25,27)(H,23,24,26). The van der Waals surface area contributed by atoms with Crippen molar-refractivity contribution in [3.05, 3.63) is 78.1 Å². The summed E-state index contributed by atoms with van der Waals surface area (Å²) in [6.45, 7) is 3.27. The molecule has 0 saturated carbocycles. The number of carbonyl (C=O) groups excluding carboxylic acids is 1. The highest BCUT2D eigenvalue weighted by molar-refractivity contribution is 6.02. The Morgan fingerprint density at radius 2 is 1.82 bits per heavy atom. The third-order valence-corrected chi connectivity index (χ3v) is 4.08. The SMILES string of the molecule is CCOc1ccc(NC(=O)c2ccnc(NCCCc3ccccc3)n2)cc1. The molecule has 0 radical (unpaired) electrons. The van der Waals surface area contributed by atoms with Gasteiger partial charge in [0.1, 0.15) is 11.4 Å². The van der Waals surface area contributed by atoms with E-state index in [2.05, 4.69) is 32.7 Å². The summed E-state index contributed by atoms with van der Waals surface area (Å²) in [6.07, 6.45) is 3.52. The molecule has 3 aromatic rings. The average molecular weight is 376 g/mol. The zero-order chi connectivity index (χ0) is 19.6. The predicted molar refractivity (Wildman–Crippen MR) is 111 cm³/mol. The maximum Gasteiger partial charge on any atom is 0.274 e. The molecule has 1 heterocycles. The number of hydrogen-bond acceptors (Lipinski definition) is 5. The van der Waals surface area contributed by atoms with Crippen LogP contribution in [0.2, 0.25) is 0 Å². The molecule has 28 heavy (non-hydrogen) atoms. The summed E-state index contributed by atoms with van der Waals surface area (Å²) in [5.41, 5.74) is 2.30. The van der Waals surface area contributed by atoms with E-state index in [9.17, 15) is 4.79 Å². The number of anilines is 2. The van der Waals surface area contributed by atoms with E-state index in [0.717, 1.165) is 25.1 Å². The summed E-state index contributed by atoms with van der Waals surface area (Å²) in [7, 11) is 0. The molecule has 0 fully saturated rings. The number of nitrogens with zero attached hydrogens (tertiary/aromatic N) is 2. The highest BCUT2D eigenvalue weighted by Crippen LogP contribution is 2.16. The summed E-state index contributed by atoms with van der Waals surface area (Å²) in [5.74, 6) is 0.941. The summed E-state index contributed by atoms with van der Waals surface area (Å²) >= 11 is 0. The molecule has 0 aliphatic carbocycles. The van der Waals surface area contributed by atoms with Crippen LogP contribution in [-0.2, 0) is 6.42 Å². The third-order valence-electron chi connectivity index (χ3n) is 4.08. The number of rotatable bonds is 9. The van der Waals surface area contributed by atoms with E-state index in [1.165, 1.54) is 5.56 Å². The molecule has 0 unspecified atom stereocenters. The highest BCUT2D eigenvalue weighted by Gasteiger charge is 2.09. The van der Waals surface area contributed by atoms with Gasteiger partial charge < -0.3 is 15.4 Å². The number of nitrogens with one attached hydrogen (secondary N) is 2. The molecule has 2 N–H and O–H groups in total. The summed E-state index contributed by atoms with van der Waals surface area (Å²) < 4.78 is 5.40. The Labute approximate surface area is 165 Å². The van der Waals surface area contributed by atoms with Crippen molar-refractivity contribution in [2.75, 3.05) is 23.8 Å². The lowest BCUT2D eigenvalue weighted by Gasteiger charge is -2.08. The minimum absolute atomic E-state index is 0.279. The summed E-state index contributed by atoms with van der Waals surface area (Å²) in [4.78, 5) is 20.9. The van der Waals surface area contributed by atoms with Crippen molar-refractivity contribution in [3.8, 4) is 5.75 Å². The summed E-state index contributed by atoms with van der Waals surface area (Å²) in [5, 5.41) is 6.01. The molecule has 0 saturated heterocycles. The van der Waals surface area contributed by atoms with Crippen molar-refractivity contribution >= 4 is 17.5 Å². The predicted octanol–water partition coefficient (Wildman–Crippen LogP) is 4.17. The quantitative estimate of drug-likeness (QED) is 0.548. The van der Waals surface area contributed by atoms with Gasteiger partial charge in [0.05, 0.1) is 6.61 Å². The molecule has 0 atom stereocenters. The molecular formula is C22H24N4O2. The summed E-state index contributed by atoms with van der Waals surface area (Å²) in [6, 6.07) is 19.1. The van der Waals surface area contributed by atoms with Crippen LogP contribution in [0.5, 0.6) is 5.75 Å². The molecule has 2 aromatic carbocycles. The fourth-order valence-corrected chi connectivity index (χ4v) is 2.70. The van der Waals surface area contributed by atoms with E-state index in [1.807, 2.05) is 37.3 Å². The Morgan fingerprint density at radius 1 is 1.04 bits per heavy atom. The Morgan fingerprint density at radius 3 is 2.57 bits per heavy atom. The van der Waals surface area contributed by atoms with Crippen molar-refractivity contribution in [3.63, 3.8) is 0 Å². The number of carbonyl (C=O) groups is 1. The topological polar surface area (TPSA) is 76.1 Å². The van der Waals surface area contributed by atoms with E-state index in [1.54, 1.807) is 24.4 Å². The first kappa shape index (κ1) is 19.4. The van der Waals surface area contributed by atoms with E-state index in [0.29, 0.717) is 23.9 Å². The average Bonchev–Trinajstić information content (AvgIpc) is 2.74. The van der Waals surface area contributed by atoms with Gasteiger partial charge in [-0.3, -0.25) is 4.79 Å². The van der Waals surface area contributed by atoms with Crippen LogP contribution >= 0.6 is 0 Å². The van der Waals surface area contributed by atoms with Gasteiger partial charge in [0.25, 0.3) is 5.91 Å². The van der Waals surface area contributed by atoms with Gasteiger partial charge in [-0.05, 0) is 55.7 Å². The first-order valence-corrected chi connectivity index (χ1v) is 9.39. The molecular weight excluding hydrogens is 352 g/mol. The smallest absolute Gasteiger partial charge is 0.274 e. The molecule has 0 aliphatic heterocycles. The maximum atomic E-state index is 12.4. The number of ether oxygens (including phenoxy) is 1. The fraction of sp³-hybridized carbons (Fsp3) is 0.227. The van der Waals surface area contributed by atoms with Crippen molar-refractivity contribution in [2.24, 2.45) is 0 Å². The van der Waals surface area contributed by atoms with Crippen LogP contribution in [0.25, 0.3) is 0 Å². The van der Waals surface area contributed by atoms with Crippen molar-refractivity contribution < 1.29 is 9.53 Å². The van der Waals surface area contributed by atoms with Gasteiger partial charge in [-0.2, -0.15) is 0 Å². The van der Waals surface area contributed by atoms with Crippen LogP contribution in [0, 0.1) is 0 Å². The monoisotopic (exact) mass is 376 g/mol. The van der Waals surface area contributed by atoms with Crippen molar-refractivity contribution in [1.29, 1.82) is 0 Å². The molecule has 1 amide bonds. The molecule has 6 heteroatoms. The van der Waals surface area contributed by atoms with Gasteiger partial charge in [-0.1, -0.05) is 30.3 Å². The number of aryl methyl sites for hydroxylation is 1. The third kappa shape index (κ3) is 5.81. The van der Waals surface area contributed by atoms with Crippen LogP contribution in [0.15, 0.2) is 66.9 Å². The Kier molecular flexibility index (Phi) is 6.95. The second-order valence-corrected chi connectivity index (χ2v) is 6.19. The molecule has 144 valence electrons. The van der Waals surface area contributed by atoms with Gasteiger partial charge in [0.15, 0.2) is 0 Å². The van der Waals surface area contributed by atoms with Crippen LogP contribution < -0.4 is 15.4 Å². The van der Waals surface area contributed by atoms with Crippen LogP contribution in [0.3, 0.4) is 0 Å². The molecule has 0 aliphatic rings. The Hall–Kier alpha value is -3.41. The number of benzene rings is 2. The van der Waals surface area contributed by atoms with Gasteiger partial charge >= 0.3 is 0 Å². The van der Waals surface area contributed by atoms with Gasteiger partial charge in [0.2, 0.25) is 5.95 Å². The van der Waals surface area contributed by atoms with Crippen molar-refractivity contribution in [1.82, 2.24) is 9.97 Å². The van der Waals surface area contributed by atoms with Crippen LogP contribution in [0.4, 0.5) is 11.6 Å². The maximum absolute atomic E-state index is 12.4. The lowest BCUT2D eigenvalue weighted by atomic mass is 10.1. The second kappa shape index (κ2) is 10.1. The molecule has 0 spiro atoms. The zero-order valence-electron chi connectivity index (χ0n) is 15.9. The number of hydrogen-bond donors (Lipinski definition) is 2. The van der Waals surface area contributed by atoms with Crippen LogP contribution in [-0.4, -0.2) is 29.0 Å². The molecule has 0 bridgehead atoms. The van der Waals surface area contributed by atoms with E-state index in [4.69, 9.17) is 4.74 Å². The minimum atomic E-state index is -0.279. The molecule has 1 aromatic heterocycles. The molecule has 6 nitrogen and oxygen atoms in total. The van der Waals surface area contributed by atoms with E-state index >= 15 is 0 Å². The largest absolute Gasteiger partial charge is 0.494 e. The minimum Gasteiger partial charge on any atom is -0.494 e. The van der Waals surface area contributed by atoms with E-state index < -0.39 is 0 Å². The van der Waals surface area contributed by atoms with Crippen LogP contribution in [0.1, 0.15) is 29.4 Å². The first-order chi connectivity index (χ1) is 13.7. The Balaban J connectivity index is 1.51. The van der Waals surface area contributed by atoms with Gasteiger partial charge in [-0.15, -0.1) is 0 Å². The Bertz CT molecular complexity index is 883. The van der Waals surface area contributed by atoms with Crippen molar-refractivity contribution in [2.45, 2.75) is 19.8 Å². The van der Waals surface area contributed by atoms with E-state index in [-0.39, 0.29) is 5.91 Å². The zero-order valence-corrected chi connectivity index (χ0v) is 15.9. The number of amides is 1. The fourth-order valence-electron chi connectivity index (χ4n) is 2.70. The molecule has 3 rings (SSSR count). The highest BCUT2D eigenvalue weighted by atomic mass is 16.5. The number of aromatic nitrogens is 2. The first-order valence-electron chi connectivity index (χ1n) is 9.39. The normalized spacial score (nSPS) is 10.3. The van der Waals surface area contributed by atoms with Gasteiger partial charge in [0, 0.05) is 18.4 Å². The lowest BCUT2D eigenvalue weighted by Crippen LogP contribution is -2.15.